The molecular formula is C14H15N3S. The van der Waals surface area contributed by atoms with Crippen LogP contribution in [0.25, 0.3) is 0 Å². The average Bonchev–Trinajstić information content (AvgIpc) is 2.45. The molecular weight excluding hydrogens is 242 g/mol. The van der Waals surface area contributed by atoms with Crippen LogP contribution in [0.2, 0.25) is 0 Å². The van der Waals surface area contributed by atoms with Crippen molar-refractivity contribution in [1.29, 1.82) is 0 Å². The predicted octanol–water partition coefficient (Wildman–Crippen LogP) is 3.37. The number of hydrogen-bond acceptors (Lipinski definition) is 4. The van der Waals surface area contributed by atoms with Gasteiger partial charge in [0.1, 0.15) is 0 Å². The van der Waals surface area contributed by atoms with Crippen molar-refractivity contribution >= 4 is 17.4 Å². The van der Waals surface area contributed by atoms with E-state index in [4.69, 9.17) is 0 Å². The summed E-state index contributed by atoms with van der Waals surface area (Å²) in [5, 5.41) is 3.38. The third-order valence-electron chi connectivity index (χ3n) is 2.32. The summed E-state index contributed by atoms with van der Waals surface area (Å²) in [4.78, 5) is 9.51. The topological polar surface area (TPSA) is 37.8 Å². The van der Waals surface area contributed by atoms with E-state index in [1.54, 1.807) is 30.4 Å². The van der Waals surface area contributed by atoms with E-state index in [1.165, 1.54) is 4.90 Å². The van der Waals surface area contributed by atoms with Crippen LogP contribution in [0.4, 0.5) is 5.69 Å². The Bertz CT molecular complexity index is 499. The van der Waals surface area contributed by atoms with Crippen molar-refractivity contribution in [3.8, 4) is 0 Å². The van der Waals surface area contributed by atoms with Gasteiger partial charge in [0.25, 0.3) is 0 Å². The van der Waals surface area contributed by atoms with Gasteiger partial charge < -0.3 is 5.32 Å². The summed E-state index contributed by atoms with van der Waals surface area (Å²) in [6.07, 6.45) is 7.06. The molecule has 0 atom stereocenters. The largest absolute Gasteiger partial charge is 0.378 e. The molecule has 0 radical (unpaired) electrons. The Kier molecular flexibility index (Phi) is 4.78. The first-order valence-electron chi connectivity index (χ1n) is 5.71. The van der Waals surface area contributed by atoms with Crippen LogP contribution in [-0.2, 0) is 6.54 Å². The van der Waals surface area contributed by atoms with Crippen LogP contribution >= 0.6 is 11.8 Å². The van der Waals surface area contributed by atoms with Crippen molar-refractivity contribution < 1.29 is 0 Å². The third kappa shape index (κ3) is 3.60. The van der Waals surface area contributed by atoms with Gasteiger partial charge in [0.05, 0.1) is 18.4 Å². The van der Waals surface area contributed by atoms with Crippen LogP contribution in [0.1, 0.15) is 5.69 Å². The lowest BCUT2D eigenvalue weighted by Gasteiger charge is -2.10. The van der Waals surface area contributed by atoms with Crippen LogP contribution in [0, 0.1) is 0 Å². The van der Waals surface area contributed by atoms with E-state index in [0.29, 0.717) is 6.54 Å². The molecule has 18 heavy (non-hydrogen) atoms. The molecule has 3 nitrogen and oxygen atoms in total. The maximum Gasteiger partial charge on any atom is 0.0777 e. The van der Waals surface area contributed by atoms with E-state index in [9.17, 15) is 0 Å². The fraction of sp³-hybridized carbons (Fsp3) is 0.143. The van der Waals surface area contributed by atoms with Gasteiger partial charge in [-0.1, -0.05) is 18.2 Å². The van der Waals surface area contributed by atoms with Gasteiger partial charge in [-0.3, -0.25) is 9.97 Å². The summed E-state index contributed by atoms with van der Waals surface area (Å²) in [5.41, 5.74) is 2.05. The summed E-state index contributed by atoms with van der Waals surface area (Å²) in [6.45, 7) is 4.42. The van der Waals surface area contributed by atoms with E-state index >= 15 is 0 Å². The molecule has 1 aromatic carbocycles. The van der Waals surface area contributed by atoms with Gasteiger partial charge in [-0.15, -0.1) is 18.3 Å². The first-order valence-corrected chi connectivity index (χ1v) is 6.70. The maximum absolute atomic E-state index is 4.24. The molecule has 1 heterocycles. The first-order chi connectivity index (χ1) is 8.90. The predicted molar refractivity (Wildman–Crippen MR) is 76.7 cm³/mol. The Labute approximate surface area is 111 Å². The van der Waals surface area contributed by atoms with Crippen LogP contribution in [-0.4, -0.2) is 15.7 Å². The molecule has 0 aliphatic carbocycles. The van der Waals surface area contributed by atoms with E-state index in [0.717, 1.165) is 17.1 Å². The Balaban J connectivity index is 2.02. The number of thioether (sulfide) groups is 1. The lowest BCUT2D eigenvalue weighted by atomic mass is 10.3. The van der Waals surface area contributed by atoms with Crippen LogP contribution in [0.3, 0.4) is 0 Å². The second kappa shape index (κ2) is 6.81. The second-order valence-corrected chi connectivity index (χ2v) is 4.71. The van der Waals surface area contributed by atoms with Gasteiger partial charge in [-0.2, -0.15) is 0 Å². The molecule has 0 amide bonds. The van der Waals surface area contributed by atoms with Crippen molar-refractivity contribution in [1.82, 2.24) is 9.97 Å². The first kappa shape index (κ1) is 12.6. The number of rotatable bonds is 6. The van der Waals surface area contributed by atoms with Crippen molar-refractivity contribution in [2.45, 2.75) is 11.4 Å². The van der Waals surface area contributed by atoms with Gasteiger partial charge in [0.15, 0.2) is 0 Å². The van der Waals surface area contributed by atoms with Gasteiger partial charge >= 0.3 is 0 Å². The zero-order valence-electron chi connectivity index (χ0n) is 10.0. The normalized spacial score (nSPS) is 10.0. The summed E-state index contributed by atoms with van der Waals surface area (Å²) < 4.78 is 0. The van der Waals surface area contributed by atoms with Crippen molar-refractivity contribution in [3.05, 3.63) is 61.2 Å². The fourth-order valence-electron chi connectivity index (χ4n) is 1.49. The van der Waals surface area contributed by atoms with Crippen LogP contribution < -0.4 is 5.32 Å². The smallest absolute Gasteiger partial charge is 0.0777 e. The van der Waals surface area contributed by atoms with E-state index < -0.39 is 0 Å². The Morgan fingerprint density at radius 2 is 2.17 bits per heavy atom. The third-order valence-corrected chi connectivity index (χ3v) is 3.39. The minimum absolute atomic E-state index is 0.680. The fourth-order valence-corrected chi connectivity index (χ4v) is 2.26. The molecule has 0 unspecified atom stereocenters. The van der Waals surface area contributed by atoms with E-state index in [-0.39, 0.29) is 0 Å². The highest BCUT2D eigenvalue weighted by atomic mass is 32.2. The van der Waals surface area contributed by atoms with Crippen molar-refractivity contribution in [2.75, 3.05) is 11.1 Å². The van der Waals surface area contributed by atoms with Gasteiger partial charge in [0, 0.05) is 28.7 Å². The Morgan fingerprint density at radius 1 is 1.28 bits per heavy atom. The molecule has 1 N–H and O–H groups in total. The van der Waals surface area contributed by atoms with Crippen molar-refractivity contribution in [2.24, 2.45) is 0 Å². The van der Waals surface area contributed by atoms with Crippen molar-refractivity contribution in [3.63, 3.8) is 0 Å². The average molecular weight is 257 g/mol. The minimum atomic E-state index is 0.680. The molecule has 0 aliphatic heterocycles. The number of para-hydroxylation sites is 1. The van der Waals surface area contributed by atoms with Gasteiger partial charge in [-0.05, 0) is 12.1 Å². The molecule has 0 saturated heterocycles. The zero-order chi connectivity index (χ0) is 12.6. The molecule has 0 bridgehead atoms. The lowest BCUT2D eigenvalue weighted by molar-refractivity contribution is 1.00. The molecule has 0 aliphatic rings. The monoisotopic (exact) mass is 257 g/mol. The summed E-state index contributed by atoms with van der Waals surface area (Å²) in [5.74, 6) is 0.907. The Hall–Kier alpha value is -1.81. The standard InChI is InChI=1S/C14H15N3S/c1-2-9-18-14-6-4-3-5-13(14)17-11-12-10-15-7-8-16-12/h2-8,10,17H,1,9,11H2. The SMILES string of the molecule is C=CCSc1ccccc1NCc1cnccn1. The molecule has 0 fully saturated rings. The molecule has 2 aromatic rings. The van der Waals surface area contributed by atoms with E-state index in [1.807, 2.05) is 18.2 Å². The minimum Gasteiger partial charge on any atom is -0.378 e. The number of benzene rings is 1. The number of nitrogens with zero attached hydrogens (tertiary/aromatic N) is 2. The Morgan fingerprint density at radius 3 is 2.94 bits per heavy atom. The summed E-state index contributed by atoms with van der Waals surface area (Å²) >= 11 is 1.77. The highest BCUT2D eigenvalue weighted by Gasteiger charge is 2.01. The molecule has 92 valence electrons. The summed E-state index contributed by atoms with van der Waals surface area (Å²) in [7, 11) is 0. The van der Waals surface area contributed by atoms with Gasteiger partial charge in [-0.25, -0.2) is 0 Å². The number of hydrogen-bond donors (Lipinski definition) is 1. The molecule has 4 heteroatoms. The van der Waals surface area contributed by atoms with Crippen LogP contribution in [0.15, 0.2) is 60.4 Å². The highest BCUT2D eigenvalue weighted by molar-refractivity contribution is 7.99. The number of nitrogens with one attached hydrogen (secondary N) is 1. The lowest BCUT2D eigenvalue weighted by Crippen LogP contribution is -2.02. The second-order valence-electron chi connectivity index (χ2n) is 3.65. The number of aromatic nitrogens is 2. The van der Waals surface area contributed by atoms with Gasteiger partial charge in [0.2, 0.25) is 0 Å². The molecule has 2 rings (SSSR count). The molecule has 0 saturated carbocycles. The quantitative estimate of drug-likeness (QED) is 0.636. The summed E-state index contributed by atoms with van der Waals surface area (Å²) in [6, 6.07) is 8.24. The maximum atomic E-state index is 4.24. The highest BCUT2D eigenvalue weighted by Crippen LogP contribution is 2.27. The molecule has 1 aromatic heterocycles. The van der Waals surface area contributed by atoms with Crippen LogP contribution in [0.5, 0.6) is 0 Å². The zero-order valence-corrected chi connectivity index (χ0v) is 10.9. The van der Waals surface area contributed by atoms with E-state index in [2.05, 4.69) is 34.0 Å². The number of anilines is 1. The molecule has 0 spiro atoms.